The lowest BCUT2D eigenvalue weighted by Gasteiger charge is -2.23. The molecule has 7 heteroatoms. The summed E-state index contributed by atoms with van der Waals surface area (Å²) in [6.07, 6.45) is 4.53. The number of carbonyl (C=O) groups excluding carboxylic acids is 1. The Balaban J connectivity index is 1.41. The third kappa shape index (κ3) is 4.39. The zero-order valence-electron chi connectivity index (χ0n) is 16.2. The van der Waals surface area contributed by atoms with Gasteiger partial charge >= 0.3 is 5.97 Å². The van der Waals surface area contributed by atoms with E-state index >= 15 is 0 Å². The molecule has 1 aliphatic carbocycles. The molecule has 0 atom stereocenters. The lowest BCUT2D eigenvalue weighted by atomic mass is 9.82. The van der Waals surface area contributed by atoms with Crippen LogP contribution >= 0.6 is 11.6 Å². The molecule has 3 aromatic rings. The number of amides is 1. The Hall–Kier alpha value is -3.12. The molecule has 1 aliphatic rings. The highest BCUT2D eigenvalue weighted by Gasteiger charge is 2.29. The quantitative estimate of drug-likeness (QED) is 0.555. The minimum Gasteiger partial charge on any atom is -0.481 e. The molecular weight excluding hydrogens is 404 g/mol. The van der Waals surface area contributed by atoms with Gasteiger partial charge in [-0.1, -0.05) is 23.7 Å². The van der Waals surface area contributed by atoms with Crippen molar-refractivity contribution in [2.24, 2.45) is 5.92 Å². The average molecular weight is 425 g/mol. The number of hydrogen-bond acceptors (Lipinski definition) is 4. The van der Waals surface area contributed by atoms with Crippen LogP contribution in [0.15, 0.2) is 59.1 Å². The van der Waals surface area contributed by atoms with E-state index in [1.54, 1.807) is 42.6 Å². The topological polar surface area (TPSA) is 92.4 Å². The van der Waals surface area contributed by atoms with Crippen LogP contribution in [-0.4, -0.2) is 22.0 Å². The summed E-state index contributed by atoms with van der Waals surface area (Å²) in [6, 6.07) is 14.2. The predicted octanol–water partition coefficient (Wildman–Crippen LogP) is 5.61. The molecule has 1 amide bonds. The highest BCUT2D eigenvalue weighted by molar-refractivity contribution is 6.34. The van der Waals surface area contributed by atoms with Crippen molar-refractivity contribution in [3.8, 4) is 11.3 Å². The van der Waals surface area contributed by atoms with E-state index in [1.807, 2.05) is 12.1 Å². The van der Waals surface area contributed by atoms with Crippen molar-refractivity contribution < 1.29 is 19.1 Å². The van der Waals surface area contributed by atoms with Gasteiger partial charge in [-0.25, -0.2) is 4.98 Å². The Morgan fingerprint density at radius 3 is 2.40 bits per heavy atom. The molecule has 30 heavy (non-hydrogen) atoms. The highest BCUT2D eigenvalue weighted by Crippen LogP contribution is 2.36. The number of hydrogen-bond donors (Lipinski definition) is 2. The number of carbonyl (C=O) groups is 2. The van der Waals surface area contributed by atoms with Crippen LogP contribution < -0.4 is 5.32 Å². The molecule has 6 nitrogen and oxygen atoms in total. The Labute approximate surface area is 178 Å². The lowest BCUT2D eigenvalue weighted by molar-refractivity contribution is -0.142. The SMILES string of the molecule is O=C(Nc1ccc(-c2cnc(C3CCC(C(=O)O)CC3)o2)cc1)c1ccccc1Cl. The van der Waals surface area contributed by atoms with Crippen LogP contribution in [0.4, 0.5) is 5.69 Å². The van der Waals surface area contributed by atoms with E-state index < -0.39 is 5.97 Å². The van der Waals surface area contributed by atoms with Crippen molar-refractivity contribution in [2.75, 3.05) is 5.32 Å². The van der Waals surface area contributed by atoms with E-state index in [0.29, 0.717) is 40.8 Å². The van der Waals surface area contributed by atoms with Crippen molar-refractivity contribution >= 4 is 29.2 Å². The number of oxazole rings is 1. The first kappa shape index (κ1) is 20.2. The number of aromatic nitrogens is 1. The van der Waals surface area contributed by atoms with E-state index in [2.05, 4.69) is 10.3 Å². The molecule has 4 rings (SSSR count). The number of rotatable bonds is 5. The summed E-state index contributed by atoms with van der Waals surface area (Å²) < 4.78 is 5.95. The van der Waals surface area contributed by atoms with Crippen LogP contribution in [0, 0.1) is 5.92 Å². The molecule has 2 aromatic carbocycles. The number of nitrogens with one attached hydrogen (secondary N) is 1. The Kier molecular flexibility index (Phi) is 5.86. The summed E-state index contributed by atoms with van der Waals surface area (Å²) in [5.41, 5.74) is 1.92. The van der Waals surface area contributed by atoms with Crippen molar-refractivity contribution in [1.82, 2.24) is 4.98 Å². The fourth-order valence-electron chi connectivity index (χ4n) is 3.76. The van der Waals surface area contributed by atoms with Crippen molar-refractivity contribution in [3.63, 3.8) is 0 Å². The first-order valence-corrected chi connectivity index (χ1v) is 10.2. The molecule has 0 unspecified atom stereocenters. The van der Waals surface area contributed by atoms with Crippen molar-refractivity contribution in [1.29, 1.82) is 0 Å². The van der Waals surface area contributed by atoms with Gasteiger partial charge in [-0.05, 0) is 62.1 Å². The summed E-state index contributed by atoms with van der Waals surface area (Å²) in [6.45, 7) is 0. The fraction of sp³-hybridized carbons (Fsp3) is 0.261. The Morgan fingerprint density at radius 1 is 1.03 bits per heavy atom. The number of nitrogens with zero attached hydrogens (tertiary/aromatic N) is 1. The average Bonchev–Trinajstić information content (AvgIpc) is 3.25. The molecule has 1 aromatic heterocycles. The molecule has 0 bridgehead atoms. The summed E-state index contributed by atoms with van der Waals surface area (Å²) in [5.74, 6) is 0.211. The lowest BCUT2D eigenvalue weighted by Crippen LogP contribution is -2.20. The third-order valence-corrected chi connectivity index (χ3v) is 5.82. The van der Waals surface area contributed by atoms with E-state index in [4.69, 9.17) is 21.1 Å². The van der Waals surface area contributed by atoms with Gasteiger partial charge in [0.15, 0.2) is 11.7 Å². The second-order valence-corrected chi connectivity index (χ2v) is 7.87. The second-order valence-electron chi connectivity index (χ2n) is 7.46. The first-order valence-electron chi connectivity index (χ1n) is 9.86. The number of benzene rings is 2. The minimum atomic E-state index is -0.719. The summed E-state index contributed by atoms with van der Waals surface area (Å²) >= 11 is 6.07. The monoisotopic (exact) mass is 424 g/mol. The fourth-order valence-corrected chi connectivity index (χ4v) is 3.98. The molecule has 1 fully saturated rings. The number of anilines is 1. The van der Waals surface area contributed by atoms with Crippen molar-refractivity contribution in [2.45, 2.75) is 31.6 Å². The molecule has 0 aliphatic heterocycles. The van der Waals surface area contributed by atoms with Crippen LogP contribution in [0.3, 0.4) is 0 Å². The van der Waals surface area contributed by atoms with Gasteiger partial charge in [0, 0.05) is 17.2 Å². The molecule has 1 heterocycles. The maximum absolute atomic E-state index is 12.4. The van der Waals surface area contributed by atoms with Crippen LogP contribution in [-0.2, 0) is 4.79 Å². The zero-order valence-corrected chi connectivity index (χ0v) is 16.9. The van der Waals surface area contributed by atoms with Gasteiger partial charge in [-0.2, -0.15) is 0 Å². The maximum Gasteiger partial charge on any atom is 0.306 e. The largest absolute Gasteiger partial charge is 0.481 e. The molecule has 154 valence electrons. The Morgan fingerprint density at radius 2 is 1.73 bits per heavy atom. The second kappa shape index (κ2) is 8.71. The standard InChI is InChI=1S/C23H21ClN2O4/c24-19-4-2-1-3-18(19)21(27)26-17-11-9-14(10-12-17)20-13-25-22(30-20)15-5-7-16(8-6-15)23(28)29/h1-4,9-13,15-16H,5-8H2,(H,26,27)(H,28,29). The van der Waals surface area contributed by atoms with Crippen LogP contribution in [0.5, 0.6) is 0 Å². The minimum absolute atomic E-state index is 0.156. The van der Waals surface area contributed by atoms with Gasteiger partial charge in [0.25, 0.3) is 5.91 Å². The van der Waals surface area contributed by atoms with E-state index in [-0.39, 0.29) is 17.7 Å². The summed E-state index contributed by atoms with van der Waals surface area (Å²) in [4.78, 5) is 27.9. The van der Waals surface area contributed by atoms with E-state index in [9.17, 15) is 9.59 Å². The van der Waals surface area contributed by atoms with E-state index in [0.717, 1.165) is 18.4 Å². The van der Waals surface area contributed by atoms with Gasteiger partial charge < -0.3 is 14.8 Å². The molecule has 2 N–H and O–H groups in total. The van der Waals surface area contributed by atoms with Crippen LogP contribution in [0.1, 0.15) is 47.8 Å². The molecule has 0 saturated heterocycles. The van der Waals surface area contributed by atoms with Gasteiger partial charge in [-0.15, -0.1) is 0 Å². The molecular formula is C23H21ClN2O4. The van der Waals surface area contributed by atoms with Crippen LogP contribution in [0.2, 0.25) is 5.02 Å². The number of carboxylic acid groups (broad SMARTS) is 1. The zero-order chi connectivity index (χ0) is 21.1. The molecule has 0 spiro atoms. The van der Waals surface area contributed by atoms with Gasteiger partial charge in [-0.3, -0.25) is 9.59 Å². The summed E-state index contributed by atoms with van der Waals surface area (Å²) in [5, 5.41) is 12.4. The van der Waals surface area contributed by atoms with Gasteiger partial charge in [0.05, 0.1) is 22.7 Å². The smallest absolute Gasteiger partial charge is 0.306 e. The molecule has 0 radical (unpaired) electrons. The predicted molar refractivity (Wildman–Crippen MR) is 114 cm³/mol. The number of aliphatic carboxylic acids is 1. The van der Waals surface area contributed by atoms with E-state index in [1.165, 1.54) is 0 Å². The van der Waals surface area contributed by atoms with Gasteiger partial charge in [0.2, 0.25) is 0 Å². The highest BCUT2D eigenvalue weighted by atomic mass is 35.5. The normalized spacial score (nSPS) is 18.7. The summed E-state index contributed by atoms with van der Waals surface area (Å²) in [7, 11) is 0. The van der Waals surface area contributed by atoms with Crippen molar-refractivity contribution in [3.05, 3.63) is 71.2 Å². The first-order chi connectivity index (χ1) is 14.5. The third-order valence-electron chi connectivity index (χ3n) is 5.50. The van der Waals surface area contributed by atoms with Gasteiger partial charge in [0.1, 0.15) is 0 Å². The maximum atomic E-state index is 12.4. The van der Waals surface area contributed by atoms with Crippen LogP contribution in [0.25, 0.3) is 11.3 Å². The number of carboxylic acids is 1. The molecule has 1 saturated carbocycles. The Bertz CT molecular complexity index is 1050. The number of halogens is 1.